The van der Waals surface area contributed by atoms with Crippen molar-refractivity contribution in [2.45, 2.75) is 6.42 Å². The largest absolute Gasteiger partial charge is 0.484 e. The first-order valence-electron chi connectivity index (χ1n) is 8.64. The van der Waals surface area contributed by atoms with Crippen molar-refractivity contribution in [1.29, 1.82) is 0 Å². The van der Waals surface area contributed by atoms with Gasteiger partial charge in [-0.3, -0.25) is 9.69 Å². The average molecular weight is 342 g/mol. The van der Waals surface area contributed by atoms with Crippen molar-refractivity contribution >= 4 is 5.91 Å². The number of amides is 1. The van der Waals surface area contributed by atoms with Gasteiger partial charge in [0.15, 0.2) is 6.61 Å². The summed E-state index contributed by atoms with van der Waals surface area (Å²) >= 11 is 0. The van der Waals surface area contributed by atoms with E-state index in [4.69, 9.17) is 4.74 Å². The summed E-state index contributed by atoms with van der Waals surface area (Å²) in [5.74, 6) is 0.575. The maximum atomic E-state index is 13.7. The first-order valence-corrected chi connectivity index (χ1v) is 8.64. The Hall–Kier alpha value is -2.40. The highest BCUT2D eigenvalue weighted by atomic mass is 19.1. The van der Waals surface area contributed by atoms with Crippen LogP contribution in [-0.4, -0.2) is 55.0 Å². The summed E-state index contributed by atoms with van der Waals surface area (Å²) < 4.78 is 19.2. The van der Waals surface area contributed by atoms with Crippen LogP contribution in [0.1, 0.15) is 5.56 Å². The molecule has 1 heterocycles. The lowest BCUT2D eigenvalue weighted by Gasteiger charge is -2.34. The monoisotopic (exact) mass is 342 g/mol. The molecular formula is C20H23FN2O2. The molecule has 0 bridgehead atoms. The standard InChI is InChI=1S/C20H23FN2O2/c21-19-9-5-4-6-17(19)10-11-22-12-14-23(15-13-22)20(24)16-25-18-7-2-1-3-8-18/h1-9H,10-16H2. The van der Waals surface area contributed by atoms with Gasteiger partial charge in [-0.2, -0.15) is 0 Å². The molecule has 0 aromatic heterocycles. The van der Waals surface area contributed by atoms with Crippen LogP contribution in [0.4, 0.5) is 4.39 Å². The van der Waals surface area contributed by atoms with E-state index in [9.17, 15) is 9.18 Å². The van der Waals surface area contributed by atoms with E-state index in [0.717, 1.165) is 25.2 Å². The van der Waals surface area contributed by atoms with Crippen LogP contribution in [0.15, 0.2) is 54.6 Å². The van der Waals surface area contributed by atoms with Gasteiger partial charge in [0.25, 0.3) is 5.91 Å². The zero-order valence-corrected chi connectivity index (χ0v) is 14.2. The molecule has 0 atom stereocenters. The van der Waals surface area contributed by atoms with Crippen LogP contribution < -0.4 is 4.74 Å². The quantitative estimate of drug-likeness (QED) is 0.809. The van der Waals surface area contributed by atoms with Crippen molar-refractivity contribution in [2.75, 3.05) is 39.3 Å². The maximum Gasteiger partial charge on any atom is 0.260 e. The molecule has 1 aliphatic rings. The SMILES string of the molecule is O=C(COc1ccccc1)N1CCN(CCc2ccccc2F)CC1. The lowest BCUT2D eigenvalue weighted by atomic mass is 10.1. The van der Waals surface area contributed by atoms with Gasteiger partial charge in [-0.1, -0.05) is 36.4 Å². The average Bonchev–Trinajstić information content (AvgIpc) is 2.67. The highest BCUT2D eigenvalue weighted by molar-refractivity contribution is 5.77. The maximum absolute atomic E-state index is 13.7. The third-order valence-electron chi connectivity index (χ3n) is 4.49. The highest BCUT2D eigenvalue weighted by Gasteiger charge is 2.21. The van der Waals surface area contributed by atoms with E-state index in [1.54, 1.807) is 6.07 Å². The normalized spacial score (nSPS) is 15.2. The number of carbonyl (C=O) groups excluding carboxylic acids is 1. The fourth-order valence-corrected chi connectivity index (χ4v) is 2.95. The van der Waals surface area contributed by atoms with Crippen LogP contribution >= 0.6 is 0 Å². The summed E-state index contributed by atoms with van der Waals surface area (Å²) in [5.41, 5.74) is 0.747. The Morgan fingerprint density at radius 3 is 2.36 bits per heavy atom. The number of nitrogens with zero attached hydrogens (tertiary/aromatic N) is 2. The van der Waals surface area contributed by atoms with Crippen molar-refractivity contribution in [3.8, 4) is 5.75 Å². The summed E-state index contributed by atoms with van der Waals surface area (Å²) in [6.07, 6.45) is 0.692. The zero-order chi connectivity index (χ0) is 17.5. The molecule has 25 heavy (non-hydrogen) atoms. The number of rotatable bonds is 6. The Bertz CT molecular complexity index is 685. The molecule has 0 spiro atoms. The Labute approximate surface area is 147 Å². The van der Waals surface area contributed by atoms with E-state index in [-0.39, 0.29) is 18.3 Å². The van der Waals surface area contributed by atoms with Crippen molar-refractivity contribution in [3.63, 3.8) is 0 Å². The Balaban J connectivity index is 1.39. The molecule has 1 aliphatic heterocycles. The first kappa shape index (κ1) is 17.4. The van der Waals surface area contributed by atoms with Crippen LogP contribution in [0.25, 0.3) is 0 Å². The number of piperazine rings is 1. The van der Waals surface area contributed by atoms with Crippen molar-refractivity contribution < 1.29 is 13.9 Å². The fourth-order valence-electron chi connectivity index (χ4n) is 2.95. The Kier molecular flexibility index (Phi) is 6.01. The molecule has 1 fully saturated rings. The van der Waals surface area contributed by atoms with Gasteiger partial charge in [0, 0.05) is 32.7 Å². The molecule has 0 saturated carbocycles. The lowest BCUT2D eigenvalue weighted by molar-refractivity contribution is -0.135. The molecule has 2 aromatic carbocycles. The van der Waals surface area contributed by atoms with Gasteiger partial charge in [-0.05, 0) is 30.2 Å². The van der Waals surface area contributed by atoms with E-state index in [1.165, 1.54) is 6.07 Å². The van der Waals surface area contributed by atoms with Gasteiger partial charge in [0.1, 0.15) is 11.6 Å². The fraction of sp³-hybridized carbons (Fsp3) is 0.350. The summed E-state index contributed by atoms with van der Waals surface area (Å²) in [6, 6.07) is 16.3. The van der Waals surface area contributed by atoms with E-state index < -0.39 is 0 Å². The second-order valence-electron chi connectivity index (χ2n) is 6.17. The predicted octanol–water partition coefficient (Wildman–Crippen LogP) is 2.59. The van der Waals surface area contributed by atoms with Gasteiger partial charge in [-0.15, -0.1) is 0 Å². The Morgan fingerprint density at radius 1 is 0.960 bits per heavy atom. The van der Waals surface area contributed by atoms with Gasteiger partial charge >= 0.3 is 0 Å². The van der Waals surface area contributed by atoms with Crippen LogP contribution in [0.3, 0.4) is 0 Å². The number of ether oxygens (including phenoxy) is 1. The molecule has 0 aliphatic carbocycles. The molecule has 132 valence electrons. The molecular weight excluding hydrogens is 319 g/mol. The summed E-state index contributed by atoms with van der Waals surface area (Å²) in [5, 5.41) is 0. The molecule has 1 amide bonds. The molecule has 0 unspecified atom stereocenters. The number of halogens is 1. The molecule has 0 radical (unpaired) electrons. The topological polar surface area (TPSA) is 32.8 Å². The molecule has 2 aromatic rings. The second-order valence-corrected chi connectivity index (χ2v) is 6.17. The van der Waals surface area contributed by atoms with E-state index >= 15 is 0 Å². The summed E-state index contributed by atoms with van der Waals surface area (Å²) in [4.78, 5) is 16.3. The van der Waals surface area contributed by atoms with Crippen molar-refractivity contribution in [1.82, 2.24) is 9.80 Å². The minimum atomic E-state index is -0.144. The van der Waals surface area contributed by atoms with Crippen molar-refractivity contribution in [2.24, 2.45) is 0 Å². The van der Waals surface area contributed by atoms with Gasteiger partial charge in [-0.25, -0.2) is 4.39 Å². The zero-order valence-electron chi connectivity index (χ0n) is 14.2. The number of para-hydroxylation sites is 1. The summed E-state index contributed by atoms with van der Waals surface area (Å²) in [6.45, 7) is 3.88. The third-order valence-corrected chi connectivity index (χ3v) is 4.49. The minimum Gasteiger partial charge on any atom is -0.484 e. The van der Waals surface area contributed by atoms with Crippen LogP contribution in [-0.2, 0) is 11.2 Å². The van der Waals surface area contributed by atoms with E-state index in [0.29, 0.717) is 25.3 Å². The molecule has 0 N–H and O–H groups in total. The Morgan fingerprint density at radius 2 is 1.64 bits per heavy atom. The number of carbonyl (C=O) groups is 1. The smallest absolute Gasteiger partial charge is 0.260 e. The highest BCUT2D eigenvalue weighted by Crippen LogP contribution is 2.11. The van der Waals surface area contributed by atoms with Crippen molar-refractivity contribution in [3.05, 3.63) is 66.0 Å². The number of hydrogen-bond acceptors (Lipinski definition) is 3. The number of hydrogen-bond donors (Lipinski definition) is 0. The minimum absolute atomic E-state index is 0.0117. The van der Waals surface area contributed by atoms with Gasteiger partial charge < -0.3 is 9.64 Å². The van der Waals surface area contributed by atoms with Gasteiger partial charge in [0.05, 0.1) is 0 Å². The predicted molar refractivity (Wildman–Crippen MR) is 95.1 cm³/mol. The molecule has 5 heteroatoms. The molecule has 1 saturated heterocycles. The molecule has 3 rings (SSSR count). The van der Waals surface area contributed by atoms with Crippen LogP contribution in [0, 0.1) is 5.82 Å². The van der Waals surface area contributed by atoms with E-state index in [2.05, 4.69) is 4.90 Å². The van der Waals surface area contributed by atoms with E-state index in [1.807, 2.05) is 47.4 Å². The van der Waals surface area contributed by atoms with Crippen LogP contribution in [0.5, 0.6) is 5.75 Å². The molecule has 4 nitrogen and oxygen atoms in total. The third kappa shape index (κ3) is 5.03. The van der Waals surface area contributed by atoms with Crippen LogP contribution in [0.2, 0.25) is 0 Å². The first-order chi connectivity index (χ1) is 12.2. The number of benzene rings is 2. The van der Waals surface area contributed by atoms with Gasteiger partial charge in [0.2, 0.25) is 0 Å². The lowest BCUT2D eigenvalue weighted by Crippen LogP contribution is -2.50. The summed E-state index contributed by atoms with van der Waals surface area (Å²) in [7, 11) is 0. The second kappa shape index (κ2) is 8.62.